The molecule has 0 aliphatic carbocycles. The van der Waals surface area contributed by atoms with Crippen LogP contribution in [0.15, 0.2) is 42.5 Å². The summed E-state index contributed by atoms with van der Waals surface area (Å²) in [4.78, 5) is 2.32. The van der Waals surface area contributed by atoms with Crippen molar-refractivity contribution in [3.63, 3.8) is 0 Å². The molecule has 0 bridgehead atoms. The molecule has 0 atom stereocenters. The van der Waals surface area contributed by atoms with Crippen LogP contribution in [0.25, 0.3) is 33.3 Å². The first kappa shape index (κ1) is 26.7. The third-order valence-corrected chi connectivity index (χ3v) is 9.27. The minimum Gasteiger partial charge on any atom is -0.360 e. The largest absolute Gasteiger partial charge is 0.360 e. The summed E-state index contributed by atoms with van der Waals surface area (Å²) in [6, 6.07) is 13.5. The first-order chi connectivity index (χ1) is 18.0. The molecule has 2 heterocycles. The van der Waals surface area contributed by atoms with Crippen LogP contribution in [0.4, 0.5) is 8.78 Å². The van der Waals surface area contributed by atoms with Gasteiger partial charge in [-0.25, -0.2) is 13.5 Å². The number of hydrogen-bond donors (Lipinski definition) is 0. The fraction of sp³-hybridized carbons (Fsp3) is 0.387. The number of rotatable bonds is 7. The quantitative estimate of drug-likeness (QED) is 0.181. The van der Waals surface area contributed by atoms with Crippen molar-refractivity contribution in [2.45, 2.75) is 59.2 Å². The molecule has 0 N–H and O–H groups in total. The van der Waals surface area contributed by atoms with Crippen LogP contribution in [-0.4, -0.2) is 43.0 Å². The summed E-state index contributed by atoms with van der Waals surface area (Å²) in [7, 11) is 0.896. The van der Waals surface area contributed by atoms with Crippen LogP contribution < -0.4 is 0 Å². The Kier molecular flexibility index (Phi) is 7.28. The highest BCUT2D eigenvalue weighted by atomic mass is 28.3. The predicted octanol–water partition coefficient (Wildman–Crippen LogP) is 7.57. The van der Waals surface area contributed by atoms with Crippen LogP contribution in [0.3, 0.4) is 0 Å². The second-order valence-corrected chi connectivity index (χ2v) is 17.5. The molecule has 0 spiro atoms. The minimum atomic E-state index is -1.24. The van der Waals surface area contributed by atoms with E-state index in [1.807, 2.05) is 13.0 Å². The second-order valence-electron chi connectivity index (χ2n) is 11.9. The van der Waals surface area contributed by atoms with Gasteiger partial charge in [0, 0.05) is 55.9 Å². The van der Waals surface area contributed by atoms with Gasteiger partial charge < -0.3 is 9.64 Å². The first-order valence-corrected chi connectivity index (χ1v) is 17.1. The highest BCUT2D eigenvalue weighted by Crippen LogP contribution is 2.37. The summed E-state index contributed by atoms with van der Waals surface area (Å²) in [6.07, 6.45) is 1.03. The van der Waals surface area contributed by atoms with E-state index in [1.54, 1.807) is 16.8 Å². The fourth-order valence-electron chi connectivity index (χ4n) is 5.40. The lowest BCUT2D eigenvalue weighted by atomic mass is 9.91. The molecule has 38 heavy (non-hydrogen) atoms. The highest BCUT2D eigenvalue weighted by Gasteiger charge is 2.22. The van der Waals surface area contributed by atoms with Gasteiger partial charge in [-0.2, -0.15) is 5.10 Å². The van der Waals surface area contributed by atoms with Gasteiger partial charge in [0.1, 0.15) is 24.1 Å². The Morgan fingerprint density at radius 1 is 1.00 bits per heavy atom. The lowest BCUT2D eigenvalue weighted by molar-refractivity contribution is 0.0818. The molecule has 1 aliphatic heterocycles. The van der Waals surface area contributed by atoms with Gasteiger partial charge in [-0.1, -0.05) is 31.8 Å². The topological polar surface area (TPSA) is 30.3 Å². The first-order valence-electron chi connectivity index (χ1n) is 13.4. The summed E-state index contributed by atoms with van der Waals surface area (Å²) < 4.78 is 38.3. The zero-order valence-corrected chi connectivity index (χ0v) is 24.3. The maximum Gasteiger partial charge on any atom is 0.140 e. The molecular formula is C31H37F2N3OSi. The molecule has 7 heteroatoms. The van der Waals surface area contributed by atoms with E-state index >= 15 is 4.39 Å². The van der Waals surface area contributed by atoms with Crippen LogP contribution in [0.2, 0.25) is 25.7 Å². The summed E-state index contributed by atoms with van der Waals surface area (Å²) in [5, 5.41) is 5.75. The minimum absolute atomic E-state index is 0.241. The smallest absolute Gasteiger partial charge is 0.140 e. The lowest BCUT2D eigenvalue weighted by Gasteiger charge is -2.26. The Hall–Kier alpha value is -2.87. The zero-order valence-electron chi connectivity index (χ0n) is 23.3. The molecule has 0 unspecified atom stereocenters. The molecular weight excluding hydrogens is 496 g/mol. The molecule has 200 valence electrons. The number of hydrogen-bond acceptors (Lipinski definition) is 3. The number of aryl methyl sites for hydroxylation is 2. The van der Waals surface area contributed by atoms with E-state index in [-0.39, 0.29) is 12.3 Å². The molecule has 0 fully saturated rings. The van der Waals surface area contributed by atoms with E-state index in [0.29, 0.717) is 23.3 Å². The van der Waals surface area contributed by atoms with E-state index in [1.165, 1.54) is 28.8 Å². The molecule has 5 rings (SSSR count). The van der Waals surface area contributed by atoms with E-state index in [2.05, 4.69) is 50.6 Å². The number of aromatic nitrogens is 2. The monoisotopic (exact) mass is 533 g/mol. The number of benzene rings is 3. The van der Waals surface area contributed by atoms with Gasteiger partial charge in [0.05, 0.1) is 5.52 Å². The Balaban J connectivity index is 1.65. The summed E-state index contributed by atoms with van der Waals surface area (Å²) in [5.74, 6) is -0.900. The van der Waals surface area contributed by atoms with Crippen LogP contribution in [0.1, 0.15) is 22.3 Å². The van der Waals surface area contributed by atoms with Gasteiger partial charge in [-0.05, 0) is 79.9 Å². The highest BCUT2D eigenvalue weighted by molar-refractivity contribution is 6.76. The number of halogens is 2. The molecule has 1 aromatic heterocycles. The van der Waals surface area contributed by atoms with Crippen molar-refractivity contribution in [1.82, 2.24) is 14.7 Å². The molecule has 0 amide bonds. The Morgan fingerprint density at radius 2 is 1.79 bits per heavy atom. The molecule has 0 saturated heterocycles. The van der Waals surface area contributed by atoms with Crippen LogP contribution >= 0.6 is 0 Å². The van der Waals surface area contributed by atoms with Gasteiger partial charge in [-0.3, -0.25) is 0 Å². The van der Waals surface area contributed by atoms with Crippen molar-refractivity contribution < 1.29 is 13.5 Å². The second kappa shape index (κ2) is 10.4. The lowest BCUT2D eigenvalue weighted by Crippen LogP contribution is -2.27. The van der Waals surface area contributed by atoms with Crippen molar-refractivity contribution >= 4 is 19.0 Å². The van der Waals surface area contributed by atoms with Crippen molar-refractivity contribution in [1.29, 1.82) is 0 Å². The average Bonchev–Trinajstić information content (AvgIpc) is 3.18. The van der Waals surface area contributed by atoms with Gasteiger partial charge in [0.2, 0.25) is 0 Å². The van der Waals surface area contributed by atoms with Crippen molar-refractivity contribution in [3.8, 4) is 22.4 Å². The molecule has 1 aliphatic rings. The molecule has 0 saturated carbocycles. The van der Waals surface area contributed by atoms with Gasteiger partial charge in [0.25, 0.3) is 0 Å². The van der Waals surface area contributed by atoms with Crippen LogP contribution in [0.5, 0.6) is 0 Å². The third-order valence-electron chi connectivity index (χ3n) is 7.56. The normalized spacial score (nSPS) is 14.3. The number of nitrogens with zero attached hydrogens (tertiary/aromatic N) is 3. The zero-order chi connectivity index (χ0) is 27.2. The Bertz CT molecular complexity index is 1490. The average molecular weight is 534 g/mol. The molecule has 4 nitrogen and oxygen atoms in total. The Morgan fingerprint density at radius 3 is 2.53 bits per heavy atom. The van der Waals surface area contributed by atoms with E-state index in [0.717, 1.165) is 42.2 Å². The third kappa shape index (κ3) is 5.33. The SMILES string of the molecule is Cc1cc(-c2nn(COCC[Si](C)(C)C)c3cc(F)c(-c4c(C)cccc4F)cc23)cc2c1CCN(C)C2. The van der Waals surface area contributed by atoms with E-state index in [9.17, 15) is 4.39 Å². The molecule has 3 aromatic carbocycles. The van der Waals surface area contributed by atoms with E-state index in [4.69, 9.17) is 9.84 Å². The van der Waals surface area contributed by atoms with Gasteiger partial charge in [-0.15, -0.1) is 0 Å². The van der Waals surface area contributed by atoms with Gasteiger partial charge in [0.15, 0.2) is 0 Å². The maximum absolute atomic E-state index is 15.6. The van der Waals surface area contributed by atoms with Crippen LogP contribution in [-0.2, 0) is 24.4 Å². The fourth-order valence-corrected chi connectivity index (χ4v) is 6.15. The summed E-state index contributed by atoms with van der Waals surface area (Å²) >= 11 is 0. The Labute approximate surface area is 225 Å². The van der Waals surface area contributed by atoms with E-state index < -0.39 is 19.7 Å². The summed E-state index contributed by atoms with van der Waals surface area (Å²) in [6.45, 7) is 13.7. The maximum atomic E-state index is 15.6. The number of likely N-dealkylation sites (N-methyl/N-ethyl adjacent to an activating group) is 1. The number of fused-ring (bicyclic) bond motifs is 2. The standard InChI is InChI=1S/C31H37F2N3OSi/c1-20-8-7-9-27(32)30(20)25-16-26-29(17-28(25)33)36(19-37-12-13-38(4,5)6)34-31(26)22-14-21(2)24-10-11-35(3)18-23(24)15-22/h7-9,14-17H,10-13,18-19H2,1-6H3. The van der Waals surface area contributed by atoms with Crippen molar-refractivity contribution in [2.75, 3.05) is 20.2 Å². The van der Waals surface area contributed by atoms with Crippen molar-refractivity contribution in [3.05, 3.63) is 76.4 Å². The number of ether oxygens (including phenoxy) is 1. The molecule has 0 radical (unpaired) electrons. The molecule has 4 aromatic rings. The van der Waals surface area contributed by atoms with Gasteiger partial charge >= 0.3 is 0 Å². The van der Waals surface area contributed by atoms with Crippen LogP contribution in [0, 0.1) is 25.5 Å². The van der Waals surface area contributed by atoms with Crippen molar-refractivity contribution in [2.24, 2.45) is 0 Å². The predicted molar refractivity (Wildman–Crippen MR) is 154 cm³/mol. The summed E-state index contributed by atoms with van der Waals surface area (Å²) in [5.41, 5.74) is 7.59.